The Labute approximate surface area is 111 Å². The number of hydrogen-bond acceptors (Lipinski definition) is 3. The highest BCUT2D eigenvalue weighted by atomic mass is 16.2. The predicted molar refractivity (Wildman–Crippen MR) is 73.2 cm³/mol. The molecule has 1 aliphatic carbocycles. The van der Waals surface area contributed by atoms with Crippen molar-refractivity contribution in [2.45, 2.75) is 44.2 Å². The van der Waals surface area contributed by atoms with Gasteiger partial charge in [-0.25, -0.2) is 0 Å². The summed E-state index contributed by atoms with van der Waals surface area (Å²) in [6.45, 7) is 1.97. The topological polar surface area (TPSA) is 35.6 Å². The molecule has 0 unspecified atom stereocenters. The molecule has 1 saturated carbocycles. The quantitative estimate of drug-likeness (QED) is 0.770. The molecule has 0 spiro atoms. The number of nitrogens with one attached hydrogen (secondary N) is 1. The first-order valence-electron chi connectivity index (χ1n) is 7.24. The van der Waals surface area contributed by atoms with Crippen LogP contribution in [0.25, 0.3) is 0 Å². The Bertz CT molecular complexity index is 289. The van der Waals surface area contributed by atoms with E-state index in [1.165, 1.54) is 12.8 Å². The predicted octanol–water partition coefficient (Wildman–Crippen LogP) is 1.28. The minimum absolute atomic E-state index is 0.0990. The van der Waals surface area contributed by atoms with Crippen molar-refractivity contribution < 1.29 is 4.79 Å². The fourth-order valence-corrected chi connectivity index (χ4v) is 3.46. The fourth-order valence-electron chi connectivity index (χ4n) is 3.46. The maximum absolute atomic E-state index is 12.4. The third kappa shape index (κ3) is 2.54. The first-order chi connectivity index (χ1) is 8.59. The van der Waals surface area contributed by atoms with Crippen molar-refractivity contribution in [1.29, 1.82) is 0 Å². The van der Waals surface area contributed by atoms with Gasteiger partial charge in [-0.15, -0.1) is 0 Å². The van der Waals surface area contributed by atoms with Crippen LogP contribution in [0.1, 0.15) is 38.5 Å². The fraction of sp³-hybridized carbons (Fsp3) is 0.929. The average Bonchev–Trinajstić information content (AvgIpc) is 2.91. The molecule has 4 nitrogen and oxygen atoms in total. The van der Waals surface area contributed by atoms with Crippen molar-refractivity contribution in [3.05, 3.63) is 0 Å². The van der Waals surface area contributed by atoms with E-state index in [1.54, 1.807) is 0 Å². The number of hydrogen-bond donors (Lipinski definition) is 1. The Hall–Kier alpha value is -0.610. The van der Waals surface area contributed by atoms with E-state index < -0.39 is 0 Å². The lowest BCUT2D eigenvalue weighted by molar-refractivity contribution is -0.136. The molecule has 0 aromatic carbocycles. The standard InChI is InChI=1S/C14H27N3O/c1-15-14(16(2)3)8-6-12(7-9-14)13(18)17-10-4-5-11-17/h12,15H,4-11H2,1-3H3. The second-order valence-corrected chi connectivity index (χ2v) is 5.98. The Balaban J connectivity index is 1.91. The molecule has 0 bridgehead atoms. The van der Waals surface area contributed by atoms with Gasteiger partial charge in [-0.1, -0.05) is 0 Å². The van der Waals surface area contributed by atoms with Gasteiger partial charge < -0.3 is 10.2 Å². The summed E-state index contributed by atoms with van der Waals surface area (Å²) in [6.07, 6.45) is 6.57. The summed E-state index contributed by atoms with van der Waals surface area (Å²) in [4.78, 5) is 16.7. The van der Waals surface area contributed by atoms with Gasteiger partial charge in [0, 0.05) is 19.0 Å². The van der Waals surface area contributed by atoms with Gasteiger partial charge in [0.1, 0.15) is 0 Å². The number of amides is 1. The molecule has 2 fully saturated rings. The SMILES string of the molecule is CNC1(N(C)C)CCC(C(=O)N2CCCC2)CC1. The molecular weight excluding hydrogens is 226 g/mol. The second kappa shape index (κ2) is 5.57. The van der Waals surface area contributed by atoms with Crippen LogP contribution >= 0.6 is 0 Å². The summed E-state index contributed by atoms with van der Waals surface area (Å²) in [5, 5.41) is 3.45. The Morgan fingerprint density at radius 1 is 1.22 bits per heavy atom. The summed E-state index contributed by atoms with van der Waals surface area (Å²) in [5.41, 5.74) is 0.0990. The Morgan fingerprint density at radius 3 is 2.22 bits per heavy atom. The van der Waals surface area contributed by atoms with Crippen LogP contribution in [0.2, 0.25) is 0 Å². The number of carbonyl (C=O) groups excluding carboxylic acids is 1. The maximum atomic E-state index is 12.4. The lowest BCUT2D eigenvalue weighted by atomic mass is 9.80. The van der Waals surface area contributed by atoms with E-state index in [9.17, 15) is 4.79 Å². The van der Waals surface area contributed by atoms with E-state index >= 15 is 0 Å². The monoisotopic (exact) mass is 253 g/mol. The zero-order valence-corrected chi connectivity index (χ0v) is 12.0. The van der Waals surface area contributed by atoms with Crippen LogP contribution < -0.4 is 5.32 Å². The van der Waals surface area contributed by atoms with Crippen LogP contribution in [0.4, 0.5) is 0 Å². The lowest BCUT2D eigenvalue weighted by Gasteiger charge is -2.45. The summed E-state index contributed by atoms with van der Waals surface area (Å²) >= 11 is 0. The molecule has 1 saturated heterocycles. The molecular formula is C14H27N3O. The molecule has 1 heterocycles. The van der Waals surface area contributed by atoms with Crippen molar-refractivity contribution in [2.75, 3.05) is 34.2 Å². The van der Waals surface area contributed by atoms with Gasteiger partial charge in [0.25, 0.3) is 0 Å². The van der Waals surface area contributed by atoms with Crippen LogP contribution in [0.3, 0.4) is 0 Å². The highest BCUT2D eigenvalue weighted by molar-refractivity contribution is 5.79. The Kier molecular flexibility index (Phi) is 4.28. The first-order valence-corrected chi connectivity index (χ1v) is 7.24. The van der Waals surface area contributed by atoms with E-state index in [1.807, 2.05) is 7.05 Å². The van der Waals surface area contributed by atoms with Gasteiger partial charge in [0.2, 0.25) is 5.91 Å². The average molecular weight is 253 g/mol. The molecule has 0 atom stereocenters. The van der Waals surface area contributed by atoms with Crippen LogP contribution in [-0.2, 0) is 4.79 Å². The lowest BCUT2D eigenvalue weighted by Crippen LogP contribution is -2.57. The smallest absolute Gasteiger partial charge is 0.225 e. The van der Waals surface area contributed by atoms with Gasteiger partial charge >= 0.3 is 0 Å². The summed E-state index contributed by atoms with van der Waals surface area (Å²) < 4.78 is 0. The van der Waals surface area contributed by atoms with Gasteiger partial charge in [-0.3, -0.25) is 9.69 Å². The van der Waals surface area contributed by atoms with Crippen molar-refractivity contribution in [2.24, 2.45) is 5.92 Å². The molecule has 1 aliphatic heterocycles. The zero-order chi connectivity index (χ0) is 13.2. The molecule has 1 amide bonds. The largest absolute Gasteiger partial charge is 0.342 e. The van der Waals surface area contributed by atoms with E-state index in [0.717, 1.165) is 38.8 Å². The van der Waals surface area contributed by atoms with E-state index in [4.69, 9.17) is 0 Å². The summed E-state index contributed by atoms with van der Waals surface area (Å²) in [5.74, 6) is 0.681. The van der Waals surface area contributed by atoms with Crippen LogP contribution in [0.5, 0.6) is 0 Å². The zero-order valence-electron chi connectivity index (χ0n) is 12.0. The maximum Gasteiger partial charge on any atom is 0.225 e. The molecule has 1 N–H and O–H groups in total. The highest BCUT2D eigenvalue weighted by Gasteiger charge is 2.39. The van der Waals surface area contributed by atoms with Crippen LogP contribution in [-0.4, -0.2) is 55.6 Å². The molecule has 2 rings (SSSR count). The van der Waals surface area contributed by atoms with E-state index in [0.29, 0.717) is 5.91 Å². The van der Waals surface area contributed by atoms with Crippen LogP contribution in [0, 0.1) is 5.92 Å². The molecule has 2 aliphatic rings. The third-order valence-corrected chi connectivity index (χ3v) is 4.90. The third-order valence-electron chi connectivity index (χ3n) is 4.90. The van der Waals surface area contributed by atoms with Crippen molar-refractivity contribution in [3.63, 3.8) is 0 Å². The second-order valence-electron chi connectivity index (χ2n) is 5.98. The van der Waals surface area contributed by atoms with Crippen molar-refractivity contribution in [3.8, 4) is 0 Å². The van der Waals surface area contributed by atoms with E-state index in [2.05, 4.69) is 29.2 Å². The van der Waals surface area contributed by atoms with Crippen molar-refractivity contribution >= 4 is 5.91 Å². The van der Waals surface area contributed by atoms with Gasteiger partial charge in [0.05, 0.1) is 5.66 Å². The molecule has 4 heteroatoms. The Morgan fingerprint density at radius 2 is 1.78 bits per heavy atom. The highest BCUT2D eigenvalue weighted by Crippen LogP contribution is 2.34. The number of rotatable bonds is 3. The molecule has 18 heavy (non-hydrogen) atoms. The van der Waals surface area contributed by atoms with Gasteiger partial charge in [-0.2, -0.15) is 0 Å². The van der Waals surface area contributed by atoms with E-state index in [-0.39, 0.29) is 11.6 Å². The summed E-state index contributed by atoms with van der Waals surface area (Å²) in [6, 6.07) is 0. The number of nitrogens with zero attached hydrogens (tertiary/aromatic N) is 2. The molecule has 0 aromatic rings. The van der Waals surface area contributed by atoms with Crippen LogP contribution in [0.15, 0.2) is 0 Å². The minimum atomic E-state index is 0.0990. The molecule has 0 radical (unpaired) electrons. The molecule has 0 aromatic heterocycles. The van der Waals surface area contributed by atoms with Crippen molar-refractivity contribution in [1.82, 2.24) is 15.1 Å². The first kappa shape index (κ1) is 13.8. The van der Waals surface area contributed by atoms with Gasteiger partial charge in [0.15, 0.2) is 0 Å². The summed E-state index contributed by atoms with van der Waals surface area (Å²) in [7, 11) is 6.28. The minimum Gasteiger partial charge on any atom is -0.342 e. The normalized spacial score (nSPS) is 33.1. The number of likely N-dealkylation sites (tertiary alicyclic amines) is 1. The number of carbonyl (C=O) groups is 1. The van der Waals surface area contributed by atoms with Gasteiger partial charge in [-0.05, 0) is 59.7 Å². The molecule has 104 valence electrons.